The van der Waals surface area contributed by atoms with Gasteiger partial charge in [-0.1, -0.05) is 55.1 Å². The topological polar surface area (TPSA) is 45.7 Å². The Labute approximate surface area is 171 Å². The van der Waals surface area contributed by atoms with Crippen molar-refractivity contribution in [2.45, 2.75) is 44.8 Å². The van der Waals surface area contributed by atoms with Crippen molar-refractivity contribution in [1.82, 2.24) is 10.7 Å². The van der Waals surface area contributed by atoms with Crippen molar-refractivity contribution in [3.63, 3.8) is 0 Å². The zero-order valence-electron chi connectivity index (χ0n) is 15.2. The molecule has 3 rings (SSSR count). The summed E-state index contributed by atoms with van der Waals surface area (Å²) in [5, 5.41) is 8.88. The van der Waals surface area contributed by atoms with Crippen molar-refractivity contribution in [3.05, 3.63) is 64.7 Å². The Bertz CT molecular complexity index is 773. The van der Waals surface area contributed by atoms with E-state index in [0.717, 1.165) is 21.9 Å². The summed E-state index contributed by atoms with van der Waals surface area (Å²) in [7, 11) is 0. The molecule has 0 radical (unpaired) electrons. The molecular formula is C21H24ClN3OS. The van der Waals surface area contributed by atoms with Gasteiger partial charge in [0, 0.05) is 16.6 Å². The first-order chi connectivity index (χ1) is 13.2. The van der Waals surface area contributed by atoms with E-state index in [9.17, 15) is 0 Å². The second-order valence-corrected chi connectivity index (χ2v) is 7.48. The standard InChI is InChI=1S/C21H24ClN3OS/c22-18-12-10-16(11-13-18)15-26-20-9-5-4-6-17(20)14-23-25-21(27)24-19-7-2-1-3-8-19/h4-6,9-14,19H,1-3,7-8,15H2,(H2,24,25,27)/b23-14-. The van der Waals surface area contributed by atoms with Gasteiger partial charge in [-0.15, -0.1) is 0 Å². The molecule has 27 heavy (non-hydrogen) atoms. The summed E-state index contributed by atoms with van der Waals surface area (Å²) < 4.78 is 5.93. The maximum Gasteiger partial charge on any atom is 0.187 e. The molecule has 0 aliphatic heterocycles. The summed E-state index contributed by atoms with van der Waals surface area (Å²) in [6.07, 6.45) is 7.93. The van der Waals surface area contributed by atoms with Crippen LogP contribution in [0.4, 0.5) is 0 Å². The fourth-order valence-corrected chi connectivity index (χ4v) is 3.43. The largest absolute Gasteiger partial charge is 0.488 e. The number of halogens is 1. The summed E-state index contributed by atoms with van der Waals surface area (Å²) in [5.41, 5.74) is 4.85. The molecule has 1 aliphatic carbocycles. The van der Waals surface area contributed by atoms with Crippen LogP contribution in [-0.2, 0) is 6.61 Å². The normalized spacial score (nSPS) is 14.9. The summed E-state index contributed by atoms with van der Waals surface area (Å²) >= 11 is 11.2. The highest BCUT2D eigenvalue weighted by Gasteiger charge is 2.13. The molecule has 1 saturated carbocycles. The molecule has 1 fully saturated rings. The molecular weight excluding hydrogens is 378 g/mol. The van der Waals surface area contributed by atoms with Crippen molar-refractivity contribution in [2.75, 3.05) is 0 Å². The minimum Gasteiger partial charge on any atom is -0.488 e. The van der Waals surface area contributed by atoms with E-state index >= 15 is 0 Å². The second kappa shape index (κ2) is 10.3. The number of nitrogens with zero attached hydrogens (tertiary/aromatic N) is 1. The molecule has 6 heteroatoms. The first-order valence-corrected chi connectivity index (χ1v) is 10.1. The lowest BCUT2D eigenvalue weighted by Crippen LogP contribution is -2.40. The summed E-state index contributed by atoms with van der Waals surface area (Å²) in [4.78, 5) is 0. The molecule has 0 bridgehead atoms. The third-order valence-electron chi connectivity index (χ3n) is 4.54. The minimum atomic E-state index is 0.462. The number of hydrazone groups is 1. The maximum atomic E-state index is 5.93. The van der Waals surface area contributed by atoms with Crippen molar-refractivity contribution >= 4 is 35.1 Å². The van der Waals surface area contributed by atoms with Gasteiger partial charge in [0.15, 0.2) is 5.11 Å². The highest BCUT2D eigenvalue weighted by atomic mass is 35.5. The van der Waals surface area contributed by atoms with Gasteiger partial charge in [-0.25, -0.2) is 0 Å². The lowest BCUT2D eigenvalue weighted by atomic mass is 9.96. The number of para-hydroxylation sites is 1. The first-order valence-electron chi connectivity index (χ1n) is 9.26. The van der Waals surface area contributed by atoms with E-state index in [0.29, 0.717) is 17.8 Å². The molecule has 0 atom stereocenters. The fourth-order valence-electron chi connectivity index (χ4n) is 3.09. The number of hydrogen-bond acceptors (Lipinski definition) is 3. The number of benzene rings is 2. The Kier molecular flexibility index (Phi) is 7.48. The summed E-state index contributed by atoms with van der Waals surface area (Å²) in [5.74, 6) is 0.768. The third kappa shape index (κ3) is 6.52. The molecule has 142 valence electrons. The van der Waals surface area contributed by atoms with Gasteiger partial charge in [-0.3, -0.25) is 5.43 Å². The predicted molar refractivity (Wildman–Crippen MR) is 116 cm³/mol. The number of ether oxygens (including phenoxy) is 1. The predicted octanol–water partition coefficient (Wildman–Crippen LogP) is 5.05. The van der Waals surface area contributed by atoms with Gasteiger partial charge < -0.3 is 10.1 Å². The zero-order valence-corrected chi connectivity index (χ0v) is 16.7. The van der Waals surface area contributed by atoms with Gasteiger partial charge in [0.25, 0.3) is 0 Å². The van der Waals surface area contributed by atoms with E-state index in [1.54, 1.807) is 6.21 Å². The molecule has 0 heterocycles. The number of nitrogens with one attached hydrogen (secondary N) is 2. The Morgan fingerprint density at radius 1 is 1.11 bits per heavy atom. The average Bonchev–Trinajstić information content (AvgIpc) is 2.69. The smallest absolute Gasteiger partial charge is 0.187 e. The van der Waals surface area contributed by atoms with Crippen LogP contribution in [0.1, 0.15) is 43.2 Å². The van der Waals surface area contributed by atoms with Gasteiger partial charge >= 0.3 is 0 Å². The van der Waals surface area contributed by atoms with E-state index < -0.39 is 0 Å². The van der Waals surface area contributed by atoms with Crippen LogP contribution >= 0.6 is 23.8 Å². The van der Waals surface area contributed by atoms with Crippen LogP contribution in [0.3, 0.4) is 0 Å². The van der Waals surface area contributed by atoms with Crippen molar-refractivity contribution < 1.29 is 4.74 Å². The highest BCUT2D eigenvalue weighted by Crippen LogP contribution is 2.19. The molecule has 0 aromatic heterocycles. The SMILES string of the molecule is S=C(N/N=C\c1ccccc1OCc1ccc(Cl)cc1)NC1CCCCC1. The molecule has 0 spiro atoms. The van der Waals surface area contributed by atoms with E-state index in [1.165, 1.54) is 32.1 Å². The van der Waals surface area contributed by atoms with Crippen LogP contribution in [0.25, 0.3) is 0 Å². The monoisotopic (exact) mass is 401 g/mol. The molecule has 1 aliphatic rings. The van der Waals surface area contributed by atoms with Crippen LogP contribution in [0.15, 0.2) is 53.6 Å². The molecule has 2 aromatic rings. The minimum absolute atomic E-state index is 0.462. The van der Waals surface area contributed by atoms with Crippen LogP contribution < -0.4 is 15.5 Å². The molecule has 0 unspecified atom stereocenters. The maximum absolute atomic E-state index is 5.93. The Morgan fingerprint density at radius 3 is 2.63 bits per heavy atom. The van der Waals surface area contributed by atoms with Crippen LogP contribution in [0.5, 0.6) is 5.75 Å². The number of rotatable bonds is 6. The molecule has 4 nitrogen and oxygen atoms in total. The average molecular weight is 402 g/mol. The fraction of sp³-hybridized carbons (Fsp3) is 0.333. The van der Waals surface area contributed by atoms with Crippen molar-refractivity contribution in [2.24, 2.45) is 5.10 Å². The van der Waals surface area contributed by atoms with Crippen molar-refractivity contribution in [1.29, 1.82) is 0 Å². The third-order valence-corrected chi connectivity index (χ3v) is 5.00. The van der Waals surface area contributed by atoms with E-state index in [4.69, 9.17) is 28.6 Å². The first kappa shape index (κ1) is 19.6. The molecule has 0 amide bonds. The highest BCUT2D eigenvalue weighted by molar-refractivity contribution is 7.80. The van der Waals surface area contributed by atoms with E-state index in [-0.39, 0.29) is 0 Å². The Hall–Kier alpha value is -2.11. The number of thiocarbonyl (C=S) groups is 1. The second-order valence-electron chi connectivity index (χ2n) is 6.63. The lowest BCUT2D eigenvalue weighted by Gasteiger charge is -2.23. The van der Waals surface area contributed by atoms with Gasteiger partial charge in [-0.2, -0.15) is 5.10 Å². The summed E-state index contributed by atoms with van der Waals surface area (Å²) in [6.45, 7) is 0.469. The van der Waals surface area contributed by atoms with Crippen LogP contribution in [-0.4, -0.2) is 17.4 Å². The Balaban J connectivity index is 1.52. The van der Waals surface area contributed by atoms with Gasteiger partial charge in [0.05, 0.1) is 6.21 Å². The van der Waals surface area contributed by atoms with Gasteiger partial charge in [0.2, 0.25) is 0 Å². The molecule has 2 aromatic carbocycles. The van der Waals surface area contributed by atoms with E-state index in [1.807, 2.05) is 48.5 Å². The van der Waals surface area contributed by atoms with Gasteiger partial charge in [-0.05, 0) is 54.9 Å². The zero-order chi connectivity index (χ0) is 18.9. The van der Waals surface area contributed by atoms with Crippen LogP contribution in [0, 0.1) is 0 Å². The number of hydrogen-bond donors (Lipinski definition) is 2. The van der Waals surface area contributed by atoms with Crippen molar-refractivity contribution in [3.8, 4) is 5.75 Å². The lowest BCUT2D eigenvalue weighted by molar-refractivity contribution is 0.306. The van der Waals surface area contributed by atoms with Crippen LogP contribution in [0.2, 0.25) is 5.02 Å². The Morgan fingerprint density at radius 2 is 1.85 bits per heavy atom. The molecule has 0 saturated heterocycles. The van der Waals surface area contributed by atoms with Gasteiger partial charge in [0.1, 0.15) is 12.4 Å². The quantitative estimate of drug-likeness (QED) is 0.404. The summed E-state index contributed by atoms with van der Waals surface area (Å²) in [6, 6.07) is 15.9. The van der Waals surface area contributed by atoms with E-state index in [2.05, 4.69) is 15.8 Å². The molecule has 2 N–H and O–H groups in total.